The van der Waals surface area contributed by atoms with Gasteiger partial charge in [-0.05, 0) is 37.1 Å². The molecule has 2 rings (SSSR count). The molecule has 5 heteroatoms. The smallest absolute Gasteiger partial charge is 0.253 e. The summed E-state index contributed by atoms with van der Waals surface area (Å²) in [6, 6.07) is 5.55. The average molecular weight is 238 g/mol. The van der Waals surface area contributed by atoms with Gasteiger partial charge in [0.05, 0.1) is 6.10 Å². The summed E-state index contributed by atoms with van der Waals surface area (Å²) in [5, 5.41) is 0. The Morgan fingerprint density at radius 2 is 2.12 bits per heavy atom. The Morgan fingerprint density at radius 3 is 2.76 bits per heavy atom. The van der Waals surface area contributed by atoms with Crippen molar-refractivity contribution in [3.05, 3.63) is 35.6 Å². The van der Waals surface area contributed by atoms with Gasteiger partial charge in [0.1, 0.15) is 5.82 Å². The van der Waals surface area contributed by atoms with Crippen LogP contribution >= 0.6 is 0 Å². The van der Waals surface area contributed by atoms with Crippen LogP contribution in [0.3, 0.4) is 0 Å². The number of hydrogen-bond donors (Lipinski definition) is 1. The summed E-state index contributed by atoms with van der Waals surface area (Å²) in [6.45, 7) is 1.18. The third-order valence-corrected chi connectivity index (χ3v) is 2.95. The lowest BCUT2D eigenvalue weighted by molar-refractivity contribution is 0.000963. The number of carbonyl (C=O) groups excluding carboxylic acids is 1. The van der Waals surface area contributed by atoms with E-state index in [0.29, 0.717) is 18.7 Å². The fourth-order valence-corrected chi connectivity index (χ4v) is 2.01. The van der Waals surface area contributed by atoms with E-state index >= 15 is 0 Å². The molecule has 0 spiro atoms. The van der Waals surface area contributed by atoms with Gasteiger partial charge >= 0.3 is 0 Å². The molecule has 0 radical (unpaired) electrons. The maximum absolute atomic E-state index is 12.7. The Labute approximate surface area is 99.1 Å². The number of nitrogens with two attached hydrogens (primary N) is 1. The van der Waals surface area contributed by atoms with Crippen molar-refractivity contribution in [2.45, 2.75) is 18.9 Å². The van der Waals surface area contributed by atoms with Crippen LogP contribution in [0.1, 0.15) is 23.2 Å². The molecular weight excluding hydrogens is 223 g/mol. The topological polar surface area (TPSA) is 55.6 Å². The number of hydrogen-bond acceptors (Lipinski definition) is 3. The SMILES string of the molecule is NOC1CCCN(C(=O)c2ccc(F)cc2)C1. The van der Waals surface area contributed by atoms with E-state index in [1.54, 1.807) is 4.90 Å². The molecular formula is C12H15FN2O2. The normalized spacial score (nSPS) is 20.4. The highest BCUT2D eigenvalue weighted by atomic mass is 19.1. The zero-order chi connectivity index (χ0) is 12.3. The third kappa shape index (κ3) is 2.81. The van der Waals surface area contributed by atoms with E-state index in [1.165, 1.54) is 24.3 Å². The third-order valence-electron chi connectivity index (χ3n) is 2.95. The van der Waals surface area contributed by atoms with E-state index in [9.17, 15) is 9.18 Å². The summed E-state index contributed by atoms with van der Waals surface area (Å²) >= 11 is 0. The maximum Gasteiger partial charge on any atom is 0.253 e. The summed E-state index contributed by atoms with van der Waals surface area (Å²) < 4.78 is 12.7. The zero-order valence-electron chi connectivity index (χ0n) is 9.43. The molecule has 1 saturated heterocycles. The second kappa shape index (κ2) is 5.25. The van der Waals surface area contributed by atoms with Gasteiger partial charge in [0, 0.05) is 18.7 Å². The van der Waals surface area contributed by atoms with Crippen LogP contribution < -0.4 is 5.90 Å². The Balaban J connectivity index is 2.06. The minimum atomic E-state index is -0.344. The molecule has 2 N–H and O–H groups in total. The first-order valence-corrected chi connectivity index (χ1v) is 5.61. The Bertz CT molecular complexity index is 394. The molecule has 0 bridgehead atoms. The molecule has 4 nitrogen and oxygen atoms in total. The molecule has 1 aromatic carbocycles. The van der Waals surface area contributed by atoms with Gasteiger partial charge in [0.15, 0.2) is 0 Å². The number of benzene rings is 1. The van der Waals surface area contributed by atoms with Gasteiger partial charge in [-0.1, -0.05) is 0 Å². The molecule has 1 atom stereocenters. The standard InChI is InChI=1S/C12H15FN2O2/c13-10-5-3-9(4-6-10)12(16)15-7-1-2-11(8-15)17-14/h3-6,11H,1-2,7-8,14H2. The van der Waals surface area contributed by atoms with E-state index in [1.807, 2.05) is 0 Å². The molecule has 1 fully saturated rings. The average Bonchev–Trinajstić information content (AvgIpc) is 2.39. The zero-order valence-corrected chi connectivity index (χ0v) is 9.43. The van der Waals surface area contributed by atoms with Crippen LogP contribution in [0.5, 0.6) is 0 Å². The van der Waals surface area contributed by atoms with Crippen molar-refractivity contribution in [2.75, 3.05) is 13.1 Å². The predicted octanol–water partition coefficient (Wildman–Crippen LogP) is 1.32. The lowest BCUT2D eigenvalue weighted by atomic mass is 10.1. The van der Waals surface area contributed by atoms with E-state index in [0.717, 1.165) is 12.8 Å². The van der Waals surface area contributed by atoms with Gasteiger partial charge in [-0.15, -0.1) is 0 Å². The fraction of sp³-hybridized carbons (Fsp3) is 0.417. The molecule has 0 saturated carbocycles. The molecule has 0 aliphatic carbocycles. The highest BCUT2D eigenvalue weighted by Crippen LogP contribution is 2.15. The minimum absolute atomic E-state index is 0.104. The second-order valence-corrected chi connectivity index (χ2v) is 4.16. The number of amides is 1. The number of nitrogens with zero attached hydrogens (tertiary/aromatic N) is 1. The number of likely N-dealkylation sites (tertiary alicyclic amines) is 1. The summed E-state index contributed by atoms with van der Waals surface area (Å²) in [6.07, 6.45) is 1.63. The number of piperidine rings is 1. The summed E-state index contributed by atoms with van der Waals surface area (Å²) in [5.41, 5.74) is 0.490. The largest absolute Gasteiger partial charge is 0.336 e. The van der Waals surface area contributed by atoms with Crippen molar-refractivity contribution in [3.63, 3.8) is 0 Å². The molecule has 17 heavy (non-hydrogen) atoms. The van der Waals surface area contributed by atoms with Gasteiger partial charge in [-0.3, -0.25) is 9.63 Å². The van der Waals surface area contributed by atoms with Crippen LogP contribution in [-0.2, 0) is 4.84 Å². The second-order valence-electron chi connectivity index (χ2n) is 4.16. The first kappa shape index (κ1) is 12.0. The van der Waals surface area contributed by atoms with Crippen molar-refractivity contribution >= 4 is 5.91 Å². The first-order valence-electron chi connectivity index (χ1n) is 5.61. The van der Waals surface area contributed by atoms with Crippen molar-refractivity contribution < 1.29 is 14.0 Å². The Hall–Kier alpha value is -1.46. The fourth-order valence-electron chi connectivity index (χ4n) is 2.01. The Morgan fingerprint density at radius 1 is 1.41 bits per heavy atom. The van der Waals surface area contributed by atoms with Crippen molar-refractivity contribution in [1.82, 2.24) is 4.90 Å². The van der Waals surface area contributed by atoms with E-state index in [4.69, 9.17) is 10.7 Å². The predicted molar refractivity (Wildman–Crippen MR) is 60.6 cm³/mol. The maximum atomic E-state index is 12.7. The lowest BCUT2D eigenvalue weighted by Crippen LogP contribution is -2.44. The van der Waals surface area contributed by atoms with E-state index < -0.39 is 0 Å². The molecule has 1 unspecified atom stereocenters. The quantitative estimate of drug-likeness (QED) is 0.791. The molecule has 1 aliphatic heterocycles. The molecule has 92 valence electrons. The van der Waals surface area contributed by atoms with Gasteiger partial charge in [0.2, 0.25) is 0 Å². The van der Waals surface area contributed by atoms with Crippen molar-refractivity contribution in [3.8, 4) is 0 Å². The number of rotatable bonds is 2. The highest BCUT2D eigenvalue weighted by Gasteiger charge is 2.24. The monoisotopic (exact) mass is 238 g/mol. The van der Waals surface area contributed by atoms with Crippen LogP contribution in [0.25, 0.3) is 0 Å². The minimum Gasteiger partial charge on any atom is -0.336 e. The van der Waals surface area contributed by atoms with Crippen LogP contribution in [0.2, 0.25) is 0 Å². The molecule has 1 aliphatic rings. The molecule has 1 amide bonds. The van der Waals surface area contributed by atoms with Crippen LogP contribution in [0.15, 0.2) is 24.3 Å². The lowest BCUT2D eigenvalue weighted by Gasteiger charge is -2.31. The van der Waals surface area contributed by atoms with Gasteiger partial charge in [-0.2, -0.15) is 0 Å². The number of halogens is 1. The first-order chi connectivity index (χ1) is 8.20. The molecule has 1 heterocycles. The summed E-state index contributed by atoms with van der Waals surface area (Å²) in [5.74, 6) is 4.69. The molecule has 1 aromatic rings. The van der Waals surface area contributed by atoms with Crippen LogP contribution in [0.4, 0.5) is 4.39 Å². The van der Waals surface area contributed by atoms with Gasteiger partial charge < -0.3 is 4.90 Å². The van der Waals surface area contributed by atoms with E-state index in [-0.39, 0.29) is 17.8 Å². The van der Waals surface area contributed by atoms with Gasteiger partial charge in [-0.25, -0.2) is 10.3 Å². The molecule has 0 aromatic heterocycles. The van der Waals surface area contributed by atoms with Crippen LogP contribution in [-0.4, -0.2) is 30.0 Å². The van der Waals surface area contributed by atoms with Crippen molar-refractivity contribution in [2.24, 2.45) is 5.90 Å². The van der Waals surface area contributed by atoms with Crippen molar-refractivity contribution in [1.29, 1.82) is 0 Å². The summed E-state index contributed by atoms with van der Waals surface area (Å²) in [4.78, 5) is 18.5. The number of carbonyl (C=O) groups is 1. The van der Waals surface area contributed by atoms with E-state index in [2.05, 4.69) is 0 Å². The van der Waals surface area contributed by atoms with Crippen LogP contribution in [0, 0.1) is 5.82 Å². The highest BCUT2D eigenvalue weighted by molar-refractivity contribution is 5.94. The Kier molecular flexibility index (Phi) is 3.71. The van der Waals surface area contributed by atoms with Gasteiger partial charge in [0.25, 0.3) is 5.91 Å². The summed E-state index contributed by atoms with van der Waals surface area (Å²) in [7, 11) is 0.